The summed E-state index contributed by atoms with van der Waals surface area (Å²) in [5.41, 5.74) is -0.569. The van der Waals surface area contributed by atoms with Crippen LogP contribution in [0.4, 0.5) is 4.79 Å². The molecule has 5 heteroatoms. The van der Waals surface area contributed by atoms with Gasteiger partial charge in [0.25, 0.3) is 0 Å². The Labute approximate surface area is 135 Å². The fraction of sp³-hybridized carbons (Fsp3) is 0.941. The van der Waals surface area contributed by atoms with Gasteiger partial charge in [-0.3, -0.25) is 0 Å². The monoisotopic (exact) mass is 314 g/mol. The van der Waals surface area contributed by atoms with Crippen LogP contribution in [-0.2, 0) is 9.47 Å². The van der Waals surface area contributed by atoms with Gasteiger partial charge in [-0.05, 0) is 60.8 Å². The van der Waals surface area contributed by atoms with E-state index in [1.807, 2.05) is 25.7 Å². The summed E-state index contributed by atoms with van der Waals surface area (Å²) in [5, 5.41) is 3.53. The molecule has 0 aromatic rings. The third-order valence-corrected chi connectivity index (χ3v) is 4.06. The Hall–Kier alpha value is -0.810. The van der Waals surface area contributed by atoms with Gasteiger partial charge in [-0.1, -0.05) is 0 Å². The molecule has 0 bridgehead atoms. The Balaban J connectivity index is 2.46. The highest BCUT2D eigenvalue weighted by molar-refractivity contribution is 5.69. The number of amides is 1. The van der Waals surface area contributed by atoms with E-state index in [0.717, 1.165) is 32.4 Å². The van der Waals surface area contributed by atoms with Crippen molar-refractivity contribution in [3.63, 3.8) is 0 Å². The molecule has 2 unspecified atom stereocenters. The first-order valence-electron chi connectivity index (χ1n) is 8.32. The van der Waals surface area contributed by atoms with Crippen molar-refractivity contribution < 1.29 is 14.3 Å². The van der Waals surface area contributed by atoms with Crippen molar-refractivity contribution in [2.24, 2.45) is 0 Å². The van der Waals surface area contributed by atoms with Crippen LogP contribution in [0.1, 0.15) is 60.8 Å². The summed E-state index contributed by atoms with van der Waals surface area (Å²) in [6.45, 7) is 13.7. The minimum Gasteiger partial charge on any atom is -0.444 e. The van der Waals surface area contributed by atoms with Crippen molar-refractivity contribution >= 4 is 6.09 Å². The van der Waals surface area contributed by atoms with Crippen LogP contribution in [-0.4, -0.2) is 54.5 Å². The number of nitrogens with zero attached hydrogens (tertiary/aromatic N) is 1. The molecule has 0 saturated carbocycles. The van der Waals surface area contributed by atoms with Gasteiger partial charge in [-0.25, -0.2) is 4.79 Å². The second-order valence-electron chi connectivity index (χ2n) is 7.95. The average molecular weight is 314 g/mol. The van der Waals surface area contributed by atoms with E-state index in [2.05, 4.69) is 26.1 Å². The second-order valence-corrected chi connectivity index (χ2v) is 7.95. The highest BCUT2D eigenvalue weighted by Crippen LogP contribution is 2.21. The van der Waals surface area contributed by atoms with Crippen molar-refractivity contribution in [3.8, 4) is 0 Å². The second kappa shape index (κ2) is 7.64. The first-order chi connectivity index (χ1) is 10.0. The fourth-order valence-electron chi connectivity index (χ4n) is 2.84. The summed E-state index contributed by atoms with van der Waals surface area (Å²) < 4.78 is 11.0. The van der Waals surface area contributed by atoms with E-state index in [1.165, 1.54) is 0 Å². The standard InChI is InChI=1S/C17H34N2O3/c1-13(11-17(5,6)21-7)18-12-14-9-8-10-19(14)15(20)22-16(2,3)4/h13-14,18H,8-12H2,1-7H3. The Morgan fingerprint density at radius 1 is 1.32 bits per heavy atom. The molecule has 0 aliphatic carbocycles. The van der Waals surface area contributed by atoms with Crippen LogP contribution in [0.2, 0.25) is 0 Å². The molecule has 1 fully saturated rings. The molecule has 1 aliphatic rings. The molecule has 0 aromatic carbocycles. The molecule has 0 aromatic heterocycles. The lowest BCUT2D eigenvalue weighted by molar-refractivity contribution is 0.00696. The van der Waals surface area contributed by atoms with E-state index >= 15 is 0 Å². The van der Waals surface area contributed by atoms with Crippen LogP contribution in [0.25, 0.3) is 0 Å². The van der Waals surface area contributed by atoms with Gasteiger partial charge in [0.1, 0.15) is 5.60 Å². The predicted molar refractivity (Wildman–Crippen MR) is 89.1 cm³/mol. The molecule has 1 aliphatic heterocycles. The molecule has 1 N–H and O–H groups in total. The molecule has 1 rings (SSSR count). The normalized spacial score (nSPS) is 21.0. The van der Waals surface area contributed by atoms with E-state index in [0.29, 0.717) is 6.04 Å². The molecule has 1 heterocycles. The van der Waals surface area contributed by atoms with Crippen LogP contribution >= 0.6 is 0 Å². The Bertz CT molecular complexity index is 363. The fourth-order valence-corrected chi connectivity index (χ4v) is 2.84. The average Bonchev–Trinajstić information content (AvgIpc) is 2.82. The summed E-state index contributed by atoms with van der Waals surface area (Å²) in [4.78, 5) is 14.1. The van der Waals surface area contributed by atoms with Crippen LogP contribution in [0.5, 0.6) is 0 Å². The van der Waals surface area contributed by atoms with Crippen molar-refractivity contribution in [2.75, 3.05) is 20.2 Å². The largest absolute Gasteiger partial charge is 0.444 e. The lowest BCUT2D eigenvalue weighted by Gasteiger charge is -2.31. The Morgan fingerprint density at radius 2 is 1.95 bits per heavy atom. The van der Waals surface area contributed by atoms with E-state index in [4.69, 9.17) is 9.47 Å². The molecule has 0 radical (unpaired) electrons. The van der Waals surface area contributed by atoms with Gasteiger partial charge >= 0.3 is 6.09 Å². The third-order valence-electron chi connectivity index (χ3n) is 4.06. The molecule has 5 nitrogen and oxygen atoms in total. The summed E-state index contributed by atoms with van der Waals surface area (Å²) in [5.74, 6) is 0. The third kappa shape index (κ3) is 6.53. The Morgan fingerprint density at radius 3 is 2.50 bits per heavy atom. The van der Waals surface area contributed by atoms with Crippen molar-refractivity contribution in [1.82, 2.24) is 10.2 Å². The van der Waals surface area contributed by atoms with E-state index < -0.39 is 5.60 Å². The minimum absolute atomic E-state index is 0.132. The number of rotatable bonds is 6. The van der Waals surface area contributed by atoms with Crippen molar-refractivity contribution in [3.05, 3.63) is 0 Å². The van der Waals surface area contributed by atoms with Crippen molar-refractivity contribution in [2.45, 2.75) is 84.1 Å². The van der Waals surface area contributed by atoms with Gasteiger partial charge in [0.05, 0.1) is 5.60 Å². The van der Waals surface area contributed by atoms with Crippen LogP contribution < -0.4 is 5.32 Å². The van der Waals surface area contributed by atoms with Gasteiger partial charge in [-0.15, -0.1) is 0 Å². The highest BCUT2D eigenvalue weighted by Gasteiger charge is 2.32. The highest BCUT2D eigenvalue weighted by atomic mass is 16.6. The van der Waals surface area contributed by atoms with Crippen LogP contribution in [0.15, 0.2) is 0 Å². The molecule has 1 amide bonds. The zero-order chi connectivity index (χ0) is 17.0. The lowest BCUT2D eigenvalue weighted by atomic mass is 9.99. The van der Waals surface area contributed by atoms with E-state index in [9.17, 15) is 4.79 Å². The summed E-state index contributed by atoms with van der Waals surface area (Å²) >= 11 is 0. The first-order valence-corrected chi connectivity index (χ1v) is 8.32. The van der Waals surface area contributed by atoms with E-state index in [1.54, 1.807) is 7.11 Å². The topological polar surface area (TPSA) is 50.8 Å². The number of carbonyl (C=O) groups excluding carboxylic acids is 1. The zero-order valence-corrected chi connectivity index (χ0v) is 15.4. The number of methoxy groups -OCH3 is 1. The molecule has 0 spiro atoms. The SMILES string of the molecule is COC(C)(C)CC(C)NCC1CCCN1C(=O)OC(C)(C)C. The van der Waals surface area contributed by atoms with Gasteiger partial charge in [-0.2, -0.15) is 0 Å². The predicted octanol–water partition coefficient (Wildman–Crippen LogP) is 3.18. The molecule has 2 atom stereocenters. The first kappa shape index (κ1) is 19.2. The van der Waals surface area contributed by atoms with Gasteiger partial charge in [0.15, 0.2) is 0 Å². The summed E-state index contributed by atoms with van der Waals surface area (Å²) in [7, 11) is 1.74. The summed E-state index contributed by atoms with van der Waals surface area (Å²) in [6.07, 6.45) is 2.82. The van der Waals surface area contributed by atoms with Gasteiger partial charge < -0.3 is 19.7 Å². The maximum Gasteiger partial charge on any atom is 0.410 e. The molecule has 22 heavy (non-hydrogen) atoms. The quantitative estimate of drug-likeness (QED) is 0.818. The maximum atomic E-state index is 12.2. The van der Waals surface area contributed by atoms with Gasteiger partial charge in [0, 0.05) is 32.3 Å². The molecule has 1 saturated heterocycles. The number of likely N-dealkylation sites (tertiary alicyclic amines) is 1. The van der Waals surface area contributed by atoms with Crippen LogP contribution in [0, 0.1) is 0 Å². The van der Waals surface area contributed by atoms with Gasteiger partial charge in [0.2, 0.25) is 0 Å². The van der Waals surface area contributed by atoms with Crippen molar-refractivity contribution in [1.29, 1.82) is 0 Å². The van der Waals surface area contributed by atoms with E-state index in [-0.39, 0.29) is 17.7 Å². The summed E-state index contributed by atoms with van der Waals surface area (Å²) in [6, 6.07) is 0.569. The Kier molecular flexibility index (Phi) is 6.68. The smallest absolute Gasteiger partial charge is 0.410 e. The number of carbonyl (C=O) groups is 1. The lowest BCUT2D eigenvalue weighted by Crippen LogP contribution is -2.46. The number of hydrogen-bond acceptors (Lipinski definition) is 4. The minimum atomic E-state index is -0.437. The number of hydrogen-bond donors (Lipinski definition) is 1. The number of nitrogens with one attached hydrogen (secondary N) is 1. The molecular formula is C17H34N2O3. The molecule has 130 valence electrons. The van der Waals surface area contributed by atoms with Crippen LogP contribution in [0.3, 0.4) is 0 Å². The number of ether oxygens (including phenoxy) is 2. The zero-order valence-electron chi connectivity index (χ0n) is 15.4. The maximum absolute atomic E-state index is 12.2. The molecular weight excluding hydrogens is 280 g/mol.